The summed E-state index contributed by atoms with van der Waals surface area (Å²) in [6.45, 7) is 8.82. The molecule has 1 aliphatic carbocycles. The lowest BCUT2D eigenvalue weighted by Crippen LogP contribution is -2.50. The van der Waals surface area contributed by atoms with Gasteiger partial charge in [0.05, 0.1) is 31.1 Å². The summed E-state index contributed by atoms with van der Waals surface area (Å²) in [5.74, 6) is 0.393. The van der Waals surface area contributed by atoms with Crippen LogP contribution in [0.2, 0.25) is 0 Å². The standard InChI is InChI=1S/C43H53F2N11O5/c1-28-2-3-30(24-34(28)54-16-9-36(57)49-42(54)60)41(59)53-18-12-43(13-19-53)10-4-29(5-11-43)26-51-14-6-31(7-15-51)56-27-33(37(50-56)38(44)45)47-40(58)32-25-46-55-17-8-35(48-39(32)55)52-20-22-61-23-21-52/h2-3,8,17,24-25,27,29,31,38H,4-7,9-16,18-23,26H2,1H3,(H,47,58)(H,49,57,60). The summed E-state index contributed by atoms with van der Waals surface area (Å²) in [5, 5.41) is 13.6. The van der Waals surface area contributed by atoms with Crippen LogP contribution in [0.15, 0.2) is 42.9 Å². The number of urea groups is 1. The third kappa shape index (κ3) is 8.56. The molecule has 0 atom stereocenters. The predicted octanol–water partition coefficient (Wildman–Crippen LogP) is 5.46. The molecule has 2 N–H and O–H groups in total. The van der Waals surface area contributed by atoms with Gasteiger partial charge in [-0.1, -0.05) is 6.07 Å². The maximum atomic E-state index is 14.3. The Bertz CT molecular complexity index is 2280. The van der Waals surface area contributed by atoms with E-state index in [1.54, 1.807) is 16.9 Å². The number of ether oxygens (including phenoxy) is 1. The summed E-state index contributed by atoms with van der Waals surface area (Å²) in [4.78, 5) is 64.0. The average Bonchev–Trinajstić information content (AvgIpc) is 3.90. The molecule has 1 spiro atoms. The van der Waals surface area contributed by atoms with Crippen molar-refractivity contribution in [2.75, 3.05) is 80.7 Å². The normalized spacial score (nSPS) is 20.8. The van der Waals surface area contributed by atoms with Crippen molar-refractivity contribution in [2.24, 2.45) is 11.3 Å². The van der Waals surface area contributed by atoms with Gasteiger partial charge in [-0.2, -0.15) is 10.2 Å². The number of likely N-dealkylation sites (tertiary alicyclic amines) is 2. The molecule has 324 valence electrons. The van der Waals surface area contributed by atoms with Crippen molar-refractivity contribution in [1.82, 2.24) is 39.5 Å². The number of hydrogen-bond acceptors (Lipinski definition) is 10. The number of carbonyl (C=O) groups excluding carboxylic acids is 4. The van der Waals surface area contributed by atoms with E-state index in [1.165, 1.54) is 21.8 Å². The van der Waals surface area contributed by atoms with E-state index in [0.717, 1.165) is 76.6 Å². The molecular weight excluding hydrogens is 789 g/mol. The molecule has 0 bridgehead atoms. The lowest BCUT2D eigenvalue weighted by Gasteiger charge is -2.47. The predicted molar refractivity (Wildman–Crippen MR) is 222 cm³/mol. The molecule has 4 aromatic rings. The summed E-state index contributed by atoms with van der Waals surface area (Å²) < 4.78 is 37.1. The van der Waals surface area contributed by atoms with Gasteiger partial charge in [-0.3, -0.25) is 29.3 Å². The number of nitrogens with zero attached hydrogens (tertiary/aromatic N) is 9. The molecule has 7 heterocycles. The van der Waals surface area contributed by atoms with Gasteiger partial charge in [-0.25, -0.2) is 23.1 Å². The Labute approximate surface area is 352 Å². The number of amides is 5. The van der Waals surface area contributed by atoms with Crippen LogP contribution in [0, 0.1) is 18.3 Å². The van der Waals surface area contributed by atoms with Crippen molar-refractivity contribution in [3.63, 3.8) is 0 Å². The molecule has 9 rings (SSSR count). The Kier molecular flexibility index (Phi) is 11.5. The number of fused-ring (bicyclic) bond motifs is 1. The smallest absolute Gasteiger partial charge is 0.328 e. The van der Waals surface area contributed by atoms with Crippen LogP contribution >= 0.6 is 0 Å². The van der Waals surface area contributed by atoms with Crippen molar-refractivity contribution in [3.8, 4) is 0 Å². The van der Waals surface area contributed by atoms with E-state index >= 15 is 0 Å². The number of nitrogens with one attached hydrogen (secondary N) is 2. The fraction of sp³-hybridized carbons (Fsp3) is 0.558. The number of piperidine rings is 2. The lowest BCUT2D eigenvalue weighted by atomic mass is 9.65. The second-order valence-corrected chi connectivity index (χ2v) is 17.4. The molecule has 16 nitrogen and oxygen atoms in total. The molecule has 0 unspecified atom stereocenters. The minimum Gasteiger partial charge on any atom is -0.378 e. The highest BCUT2D eigenvalue weighted by atomic mass is 19.3. The van der Waals surface area contributed by atoms with Gasteiger partial charge in [-0.15, -0.1) is 0 Å². The number of hydrogen-bond donors (Lipinski definition) is 2. The number of halogens is 2. The van der Waals surface area contributed by atoms with Gasteiger partial charge >= 0.3 is 6.03 Å². The summed E-state index contributed by atoms with van der Waals surface area (Å²) in [6, 6.07) is 6.78. The second kappa shape index (κ2) is 17.1. The largest absolute Gasteiger partial charge is 0.378 e. The number of imide groups is 1. The van der Waals surface area contributed by atoms with Gasteiger partial charge in [-0.05, 0) is 93.4 Å². The van der Waals surface area contributed by atoms with Crippen molar-refractivity contribution in [2.45, 2.75) is 77.2 Å². The minimum absolute atomic E-state index is 0.00952. The molecule has 5 amide bonds. The van der Waals surface area contributed by atoms with Gasteiger partial charge < -0.3 is 24.8 Å². The van der Waals surface area contributed by atoms with Crippen LogP contribution in [0.3, 0.4) is 0 Å². The first-order chi connectivity index (χ1) is 29.5. The molecule has 1 aromatic carbocycles. The fourth-order valence-electron chi connectivity index (χ4n) is 9.93. The molecular formula is C43H53F2N11O5. The highest BCUT2D eigenvalue weighted by molar-refractivity contribution is 6.08. The zero-order valence-corrected chi connectivity index (χ0v) is 34.5. The third-order valence-corrected chi connectivity index (χ3v) is 13.7. The molecule has 4 aliphatic heterocycles. The molecule has 5 aliphatic rings. The first kappa shape index (κ1) is 40.9. The monoisotopic (exact) mass is 841 g/mol. The van der Waals surface area contributed by atoms with Crippen molar-refractivity contribution in [1.29, 1.82) is 0 Å². The molecule has 3 aromatic heterocycles. The maximum Gasteiger partial charge on any atom is 0.328 e. The topological polar surface area (TPSA) is 163 Å². The zero-order chi connectivity index (χ0) is 42.3. The van der Waals surface area contributed by atoms with Crippen LogP contribution in [-0.2, 0) is 9.53 Å². The number of aryl methyl sites for hydroxylation is 1. The van der Waals surface area contributed by atoms with Crippen molar-refractivity contribution >= 4 is 46.6 Å². The van der Waals surface area contributed by atoms with Crippen LogP contribution in [0.5, 0.6) is 0 Å². The number of alkyl halides is 2. The Morgan fingerprint density at radius 3 is 2.44 bits per heavy atom. The first-order valence-electron chi connectivity index (χ1n) is 21.6. The molecule has 0 radical (unpaired) electrons. The first-order valence-corrected chi connectivity index (χ1v) is 21.6. The third-order valence-electron chi connectivity index (χ3n) is 13.7. The van der Waals surface area contributed by atoms with E-state index in [4.69, 9.17) is 4.74 Å². The summed E-state index contributed by atoms with van der Waals surface area (Å²) in [6.07, 6.45) is 10.1. The van der Waals surface area contributed by atoms with E-state index < -0.39 is 24.1 Å². The van der Waals surface area contributed by atoms with Crippen LogP contribution in [0.1, 0.15) is 102 Å². The lowest BCUT2D eigenvalue weighted by molar-refractivity contribution is -0.120. The van der Waals surface area contributed by atoms with Crippen molar-refractivity contribution < 1.29 is 32.7 Å². The average molecular weight is 842 g/mol. The minimum atomic E-state index is -2.86. The Hall–Kier alpha value is -5.49. The van der Waals surface area contributed by atoms with E-state index in [0.29, 0.717) is 68.0 Å². The summed E-state index contributed by atoms with van der Waals surface area (Å²) in [7, 11) is 0. The van der Waals surface area contributed by atoms with Gasteiger partial charge in [0.1, 0.15) is 11.4 Å². The Balaban J connectivity index is 0.749. The van der Waals surface area contributed by atoms with E-state index in [9.17, 15) is 28.0 Å². The fourth-order valence-corrected chi connectivity index (χ4v) is 9.93. The second-order valence-electron chi connectivity index (χ2n) is 17.4. The maximum absolute atomic E-state index is 14.3. The number of anilines is 3. The molecule has 5 fully saturated rings. The number of rotatable bonds is 9. The van der Waals surface area contributed by atoms with Gasteiger partial charge in [0.2, 0.25) is 5.91 Å². The van der Waals surface area contributed by atoms with E-state index in [-0.39, 0.29) is 47.5 Å². The molecule has 18 heteroatoms. The molecule has 4 saturated heterocycles. The SMILES string of the molecule is Cc1ccc(C(=O)N2CCC3(CCC(CN4CCC(n5cc(NC(=O)c6cnn7ccc(N8CCOCC8)nc67)c(C(F)F)n5)CC4)CC3)CC2)cc1N1CCC(=O)NC1=O. The van der Waals surface area contributed by atoms with Crippen LogP contribution < -0.4 is 20.4 Å². The Morgan fingerprint density at radius 1 is 0.967 bits per heavy atom. The van der Waals surface area contributed by atoms with Crippen LogP contribution in [0.4, 0.5) is 30.8 Å². The van der Waals surface area contributed by atoms with Crippen molar-refractivity contribution in [3.05, 3.63) is 65.2 Å². The number of carbonyl (C=O) groups is 4. The van der Waals surface area contributed by atoms with Gasteiger partial charge in [0, 0.05) is 82.4 Å². The van der Waals surface area contributed by atoms with Gasteiger partial charge in [0.25, 0.3) is 18.2 Å². The molecule has 1 saturated carbocycles. The highest BCUT2D eigenvalue weighted by Gasteiger charge is 2.40. The van der Waals surface area contributed by atoms with Crippen LogP contribution in [-0.4, -0.2) is 124 Å². The molecule has 61 heavy (non-hydrogen) atoms. The number of benzene rings is 1. The van der Waals surface area contributed by atoms with Gasteiger partial charge in [0.15, 0.2) is 11.3 Å². The summed E-state index contributed by atoms with van der Waals surface area (Å²) in [5.41, 5.74) is 2.40. The van der Waals surface area contributed by atoms with E-state index in [1.807, 2.05) is 30.0 Å². The quantitative estimate of drug-likeness (QED) is 0.222. The highest BCUT2D eigenvalue weighted by Crippen LogP contribution is 2.47. The Morgan fingerprint density at radius 2 is 1.72 bits per heavy atom. The van der Waals surface area contributed by atoms with Crippen LogP contribution in [0.25, 0.3) is 5.65 Å². The number of morpholine rings is 1. The zero-order valence-electron chi connectivity index (χ0n) is 34.5. The van der Waals surface area contributed by atoms with E-state index in [2.05, 4.69) is 35.6 Å². The number of aromatic nitrogens is 5. The summed E-state index contributed by atoms with van der Waals surface area (Å²) >= 11 is 0.